The number of carbonyl (C=O) groups is 2. The second-order valence-corrected chi connectivity index (χ2v) is 7.15. The smallest absolute Gasteiger partial charge is 0.399 e. The molecule has 4 aromatic rings. The number of carbonyl (C=O) groups excluding carboxylic acids is 2. The first-order valence-corrected chi connectivity index (χ1v) is 9.98. The quantitative estimate of drug-likeness (QED) is 0.221. The molecule has 4 rings (SSSR count). The Morgan fingerprint density at radius 1 is 0.853 bits per heavy atom. The average Bonchev–Trinajstić information content (AvgIpc) is 3.35. The molecule has 11 nitrogen and oxygen atoms in total. The Balaban J connectivity index is 1.81. The van der Waals surface area contributed by atoms with Gasteiger partial charge in [-0.1, -0.05) is 60.7 Å². The Hall–Kier alpha value is -4.93. The fourth-order valence-corrected chi connectivity index (χ4v) is 3.22. The summed E-state index contributed by atoms with van der Waals surface area (Å²) in [5.74, 6) is -1.91. The highest BCUT2D eigenvalue weighted by atomic mass is 16.6. The van der Waals surface area contributed by atoms with Gasteiger partial charge in [-0.2, -0.15) is 5.10 Å². The van der Waals surface area contributed by atoms with Crippen molar-refractivity contribution in [3.63, 3.8) is 0 Å². The number of furan rings is 1. The minimum absolute atomic E-state index is 0.271. The molecule has 0 atom stereocenters. The maximum absolute atomic E-state index is 13.1. The van der Waals surface area contributed by atoms with Gasteiger partial charge in [0.15, 0.2) is 23.0 Å². The summed E-state index contributed by atoms with van der Waals surface area (Å²) >= 11 is 0. The van der Waals surface area contributed by atoms with E-state index in [0.717, 1.165) is 16.8 Å². The molecule has 34 heavy (non-hydrogen) atoms. The van der Waals surface area contributed by atoms with Gasteiger partial charge in [-0.3, -0.25) is 24.5 Å². The molecule has 2 heterocycles. The Kier molecular flexibility index (Phi) is 6.08. The SMILES string of the molecule is O=C(Cn1nc(-c2ccc([N+](=O)[O-])o2)c(=O)n(CC(=O)c2ccccc2)c1=O)c1ccccc1. The molecule has 0 aliphatic rings. The van der Waals surface area contributed by atoms with Crippen LogP contribution in [0.15, 0.2) is 86.8 Å². The van der Waals surface area contributed by atoms with Gasteiger partial charge in [-0.15, -0.1) is 0 Å². The zero-order chi connectivity index (χ0) is 24.2. The minimum atomic E-state index is -0.984. The highest BCUT2D eigenvalue weighted by Gasteiger charge is 2.23. The number of hydrogen-bond acceptors (Lipinski definition) is 8. The van der Waals surface area contributed by atoms with Crippen molar-refractivity contribution in [3.05, 3.63) is 115 Å². The predicted molar refractivity (Wildman–Crippen MR) is 119 cm³/mol. The summed E-state index contributed by atoms with van der Waals surface area (Å²) in [5, 5.41) is 14.9. The molecular formula is C23H16N4O7. The van der Waals surface area contributed by atoms with Crippen LogP contribution in [-0.4, -0.2) is 30.8 Å². The molecule has 11 heteroatoms. The molecule has 0 radical (unpaired) electrons. The fraction of sp³-hybridized carbons (Fsp3) is 0.0870. The first-order chi connectivity index (χ1) is 16.3. The molecule has 0 unspecified atom stereocenters. The number of benzene rings is 2. The van der Waals surface area contributed by atoms with Gasteiger partial charge in [0.05, 0.1) is 12.6 Å². The monoisotopic (exact) mass is 460 g/mol. The lowest BCUT2D eigenvalue weighted by Gasteiger charge is -2.11. The summed E-state index contributed by atoms with van der Waals surface area (Å²) in [6.07, 6.45) is 0. The molecule has 0 bridgehead atoms. The van der Waals surface area contributed by atoms with E-state index >= 15 is 0 Å². The summed E-state index contributed by atoms with van der Waals surface area (Å²) in [5.41, 5.74) is -1.84. The molecular weight excluding hydrogens is 444 g/mol. The van der Waals surface area contributed by atoms with E-state index in [0.29, 0.717) is 10.1 Å². The highest BCUT2D eigenvalue weighted by Crippen LogP contribution is 2.22. The van der Waals surface area contributed by atoms with Crippen molar-refractivity contribution in [2.24, 2.45) is 0 Å². The van der Waals surface area contributed by atoms with E-state index in [2.05, 4.69) is 5.10 Å². The lowest BCUT2D eigenvalue weighted by Crippen LogP contribution is -2.44. The van der Waals surface area contributed by atoms with Crippen LogP contribution in [0, 0.1) is 10.1 Å². The van der Waals surface area contributed by atoms with E-state index < -0.39 is 52.4 Å². The van der Waals surface area contributed by atoms with Crippen LogP contribution < -0.4 is 11.2 Å². The lowest BCUT2D eigenvalue weighted by atomic mass is 10.1. The molecule has 0 aliphatic heterocycles. The van der Waals surface area contributed by atoms with Crippen molar-refractivity contribution >= 4 is 17.5 Å². The average molecular weight is 460 g/mol. The van der Waals surface area contributed by atoms with Crippen LogP contribution in [-0.2, 0) is 13.1 Å². The maximum atomic E-state index is 13.1. The summed E-state index contributed by atoms with van der Waals surface area (Å²) in [7, 11) is 0. The first kappa shape index (κ1) is 22.3. The van der Waals surface area contributed by atoms with Gasteiger partial charge in [0.2, 0.25) is 0 Å². The Bertz CT molecular complexity index is 1500. The Morgan fingerprint density at radius 2 is 1.41 bits per heavy atom. The third-order valence-electron chi connectivity index (χ3n) is 4.91. The number of rotatable bonds is 8. The molecule has 2 aromatic heterocycles. The Morgan fingerprint density at radius 3 is 1.94 bits per heavy atom. The molecule has 0 spiro atoms. The van der Waals surface area contributed by atoms with Gasteiger partial charge in [0, 0.05) is 11.1 Å². The molecule has 0 saturated carbocycles. The van der Waals surface area contributed by atoms with Crippen LogP contribution in [0.4, 0.5) is 5.88 Å². The van der Waals surface area contributed by atoms with Crippen molar-refractivity contribution in [2.45, 2.75) is 13.1 Å². The molecule has 0 saturated heterocycles. The second kappa shape index (κ2) is 9.28. The molecule has 0 fully saturated rings. The number of hydrogen-bond donors (Lipinski definition) is 0. The van der Waals surface area contributed by atoms with E-state index in [-0.39, 0.29) is 11.3 Å². The molecule has 170 valence electrons. The maximum Gasteiger partial charge on any atom is 0.433 e. The zero-order valence-electron chi connectivity index (χ0n) is 17.5. The summed E-state index contributed by atoms with van der Waals surface area (Å²) in [4.78, 5) is 61.7. The molecule has 0 aliphatic carbocycles. The number of Topliss-reactive ketones (excluding diaryl/α,β-unsaturated/α-hetero) is 2. The van der Waals surface area contributed by atoms with Crippen LogP contribution in [0.1, 0.15) is 20.7 Å². The minimum Gasteiger partial charge on any atom is -0.399 e. The Labute approximate surface area is 190 Å². The number of nitrogens with zero attached hydrogens (tertiary/aromatic N) is 4. The van der Waals surface area contributed by atoms with Crippen molar-refractivity contribution in [2.75, 3.05) is 0 Å². The van der Waals surface area contributed by atoms with Gasteiger partial charge < -0.3 is 4.42 Å². The zero-order valence-corrected chi connectivity index (χ0v) is 17.5. The third-order valence-corrected chi connectivity index (χ3v) is 4.91. The second-order valence-electron chi connectivity index (χ2n) is 7.15. The topological polar surface area (TPSA) is 147 Å². The third kappa shape index (κ3) is 4.48. The standard InChI is InChI=1S/C23H16N4O7/c28-17(15-7-3-1-4-8-15)13-25-22(30)21(19-11-12-20(34-19)27(32)33)24-26(23(25)31)14-18(29)16-9-5-2-6-10-16/h1-12H,13-14H2. The van der Waals surface area contributed by atoms with E-state index in [1.54, 1.807) is 48.5 Å². The normalized spacial score (nSPS) is 10.7. The molecule has 0 N–H and O–H groups in total. The number of aromatic nitrogens is 3. The van der Waals surface area contributed by atoms with Gasteiger partial charge in [0.1, 0.15) is 11.5 Å². The van der Waals surface area contributed by atoms with Crippen molar-refractivity contribution in [1.82, 2.24) is 14.3 Å². The fourth-order valence-electron chi connectivity index (χ4n) is 3.22. The van der Waals surface area contributed by atoms with E-state index in [9.17, 15) is 29.3 Å². The van der Waals surface area contributed by atoms with Crippen molar-refractivity contribution in [1.29, 1.82) is 0 Å². The lowest BCUT2D eigenvalue weighted by molar-refractivity contribution is -0.401. The highest BCUT2D eigenvalue weighted by molar-refractivity contribution is 5.96. The molecule has 0 amide bonds. The summed E-state index contributed by atoms with van der Waals surface area (Å²) in [6.45, 7) is -1.15. The van der Waals surface area contributed by atoms with Crippen LogP contribution in [0.25, 0.3) is 11.5 Å². The summed E-state index contributed by atoms with van der Waals surface area (Å²) in [6, 6.07) is 18.3. The first-order valence-electron chi connectivity index (χ1n) is 9.98. The van der Waals surface area contributed by atoms with Crippen LogP contribution in [0.3, 0.4) is 0 Å². The van der Waals surface area contributed by atoms with Crippen LogP contribution in [0.2, 0.25) is 0 Å². The molecule has 2 aromatic carbocycles. The van der Waals surface area contributed by atoms with Crippen molar-refractivity contribution in [3.8, 4) is 11.5 Å². The van der Waals surface area contributed by atoms with Gasteiger partial charge in [-0.25, -0.2) is 14.0 Å². The number of nitro groups is 1. The van der Waals surface area contributed by atoms with E-state index in [1.807, 2.05) is 0 Å². The van der Waals surface area contributed by atoms with E-state index in [1.165, 1.54) is 12.1 Å². The summed E-state index contributed by atoms with van der Waals surface area (Å²) < 4.78 is 6.45. The largest absolute Gasteiger partial charge is 0.433 e. The van der Waals surface area contributed by atoms with Crippen LogP contribution in [0.5, 0.6) is 0 Å². The van der Waals surface area contributed by atoms with Gasteiger partial charge in [0.25, 0.3) is 5.56 Å². The van der Waals surface area contributed by atoms with E-state index in [4.69, 9.17) is 4.42 Å². The van der Waals surface area contributed by atoms with Crippen molar-refractivity contribution < 1.29 is 18.9 Å². The van der Waals surface area contributed by atoms with Gasteiger partial charge >= 0.3 is 11.6 Å². The predicted octanol–water partition coefficient (Wildman–Crippen LogP) is 2.34. The van der Waals surface area contributed by atoms with Gasteiger partial charge in [-0.05, 0) is 6.07 Å². The van der Waals surface area contributed by atoms with Crippen LogP contribution >= 0.6 is 0 Å². The number of ketones is 2.